The van der Waals surface area contributed by atoms with Crippen molar-refractivity contribution < 1.29 is 14.3 Å². The minimum atomic E-state index is -1.29. The molecule has 0 radical (unpaired) electrons. The molecule has 78 valence electrons. The van der Waals surface area contributed by atoms with Crippen molar-refractivity contribution in [1.82, 2.24) is 0 Å². The van der Waals surface area contributed by atoms with Gasteiger partial charge in [-0.25, -0.2) is 4.39 Å². The van der Waals surface area contributed by atoms with E-state index in [9.17, 15) is 9.18 Å². The first kappa shape index (κ1) is 12.9. The number of carboxylic acids is 1. The topological polar surface area (TPSA) is 63.3 Å². The second-order valence-electron chi connectivity index (χ2n) is 2.84. The molecule has 0 saturated carbocycles. The molecule has 0 aliphatic heterocycles. The van der Waals surface area contributed by atoms with Gasteiger partial charge in [0, 0.05) is 5.56 Å². The third kappa shape index (κ3) is 2.68. The van der Waals surface area contributed by atoms with Gasteiger partial charge in [-0.3, -0.25) is 4.79 Å². The summed E-state index contributed by atoms with van der Waals surface area (Å²) in [6, 6.07) is 2.93. The lowest BCUT2D eigenvalue weighted by molar-refractivity contribution is -0.138. The number of aliphatic carboxylic acids is 1. The van der Waals surface area contributed by atoms with E-state index in [4.69, 9.17) is 10.8 Å². The van der Waals surface area contributed by atoms with Crippen molar-refractivity contribution in [3.63, 3.8) is 0 Å². The van der Waals surface area contributed by atoms with E-state index in [0.717, 1.165) is 5.56 Å². The highest BCUT2D eigenvalue weighted by molar-refractivity contribution is 5.85. The number of aryl methyl sites for hydroxylation is 1. The van der Waals surface area contributed by atoms with Crippen molar-refractivity contribution in [3.05, 3.63) is 35.1 Å². The maximum atomic E-state index is 13.0. The van der Waals surface area contributed by atoms with E-state index in [0.29, 0.717) is 0 Å². The lowest BCUT2D eigenvalue weighted by Crippen LogP contribution is -2.21. The van der Waals surface area contributed by atoms with Gasteiger partial charge in [0.1, 0.15) is 11.9 Å². The second-order valence-corrected chi connectivity index (χ2v) is 2.84. The molecule has 14 heavy (non-hydrogen) atoms. The lowest BCUT2D eigenvalue weighted by atomic mass is 10.0. The largest absolute Gasteiger partial charge is 0.480 e. The maximum Gasteiger partial charge on any atom is 0.325 e. The minimum absolute atomic E-state index is 0. The Morgan fingerprint density at radius 3 is 2.64 bits per heavy atom. The highest BCUT2D eigenvalue weighted by atomic mass is 35.5. The molecule has 0 saturated heterocycles. The fourth-order valence-corrected chi connectivity index (χ4v) is 1.03. The Morgan fingerprint density at radius 2 is 2.14 bits per heavy atom. The first-order chi connectivity index (χ1) is 6.02. The number of hydrogen-bond donors (Lipinski definition) is 2. The molecule has 0 fully saturated rings. The van der Waals surface area contributed by atoms with Crippen LogP contribution in [0.15, 0.2) is 18.2 Å². The SMILES string of the molecule is Cc1ccc(F)c(C(N)C(=O)O)c1.Cl. The fourth-order valence-electron chi connectivity index (χ4n) is 1.03. The molecule has 1 unspecified atom stereocenters. The van der Waals surface area contributed by atoms with Crippen molar-refractivity contribution in [2.45, 2.75) is 13.0 Å². The number of benzene rings is 1. The van der Waals surface area contributed by atoms with Gasteiger partial charge in [0.25, 0.3) is 0 Å². The van der Waals surface area contributed by atoms with Gasteiger partial charge in [0.2, 0.25) is 0 Å². The van der Waals surface area contributed by atoms with Gasteiger partial charge in [0.05, 0.1) is 0 Å². The van der Waals surface area contributed by atoms with Crippen LogP contribution in [0.4, 0.5) is 4.39 Å². The van der Waals surface area contributed by atoms with E-state index in [1.54, 1.807) is 13.0 Å². The summed E-state index contributed by atoms with van der Waals surface area (Å²) >= 11 is 0. The van der Waals surface area contributed by atoms with Gasteiger partial charge in [-0.1, -0.05) is 17.7 Å². The number of rotatable bonds is 2. The first-order valence-electron chi connectivity index (χ1n) is 3.77. The van der Waals surface area contributed by atoms with Gasteiger partial charge < -0.3 is 10.8 Å². The standard InChI is InChI=1S/C9H10FNO2.ClH/c1-5-2-3-7(10)6(4-5)8(11)9(12)13;/h2-4,8H,11H2,1H3,(H,12,13);1H. The van der Waals surface area contributed by atoms with Gasteiger partial charge in [-0.2, -0.15) is 0 Å². The maximum absolute atomic E-state index is 13.0. The van der Waals surface area contributed by atoms with E-state index >= 15 is 0 Å². The Morgan fingerprint density at radius 1 is 1.57 bits per heavy atom. The van der Waals surface area contributed by atoms with Gasteiger partial charge >= 0.3 is 5.97 Å². The molecule has 0 spiro atoms. The van der Waals surface area contributed by atoms with Crippen LogP contribution >= 0.6 is 12.4 Å². The smallest absolute Gasteiger partial charge is 0.325 e. The fraction of sp³-hybridized carbons (Fsp3) is 0.222. The molecule has 0 bridgehead atoms. The molecule has 1 rings (SSSR count). The number of carboxylic acid groups (broad SMARTS) is 1. The average Bonchev–Trinajstić information content (AvgIpc) is 2.08. The molecule has 5 heteroatoms. The van der Waals surface area contributed by atoms with Gasteiger partial charge in [-0.15, -0.1) is 12.4 Å². The number of halogens is 2. The summed E-state index contributed by atoms with van der Waals surface area (Å²) in [7, 11) is 0. The monoisotopic (exact) mass is 219 g/mol. The molecular formula is C9H11ClFNO2. The first-order valence-corrected chi connectivity index (χ1v) is 3.77. The molecule has 1 atom stereocenters. The predicted octanol–water partition coefficient (Wildman–Crippen LogP) is 1.64. The molecule has 0 aliphatic rings. The van der Waals surface area contributed by atoms with Crippen LogP contribution < -0.4 is 5.73 Å². The van der Waals surface area contributed by atoms with Crippen molar-refractivity contribution in [2.24, 2.45) is 5.73 Å². The van der Waals surface area contributed by atoms with E-state index < -0.39 is 17.8 Å². The molecule has 0 amide bonds. The van der Waals surface area contributed by atoms with Crippen LogP contribution in [-0.4, -0.2) is 11.1 Å². The normalized spacial score (nSPS) is 11.6. The Kier molecular flexibility index (Phi) is 4.53. The van der Waals surface area contributed by atoms with Gasteiger partial charge in [-0.05, 0) is 13.0 Å². The van der Waals surface area contributed by atoms with Crippen LogP contribution in [-0.2, 0) is 4.79 Å². The highest BCUT2D eigenvalue weighted by Gasteiger charge is 2.17. The summed E-state index contributed by atoms with van der Waals surface area (Å²) in [4.78, 5) is 10.5. The van der Waals surface area contributed by atoms with Crippen molar-refractivity contribution >= 4 is 18.4 Å². The summed E-state index contributed by atoms with van der Waals surface area (Å²) in [6.07, 6.45) is 0. The zero-order valence-corrected chi connectivity index (χ0v) is 8.34. The molecule has 1 aromatic carbocycles. The van der Waals surface area contributed by atoms with Crippen LogP contribution in [0.1, 0.15) is 17.2 Å². The van der Waals surface area contributed by atoms with Crippen LogP contribution in [0.5, 0.6) is 0 Å². The Balaban J connectivity index is 0.00000169. The summed E-state index contributed by atoms with van der Waals surface area (Å²) in [6.45, 7) is 1.75. The van der Waals surface area contributed by atoms with Gasteiger partial charge in [0.15, 0.2) is 0 Å². The Hall–Kier alpha value is -1.13. The summed E-state index contributed by atoms with van der Waals surface area (Å²) in [5.74, 6) is -1.81. The third-order valence-corrected chi connectivity index (χ3v) is 1.75. The number of hydrogen-bond acceptors (Lipinski definition) is 2. The Labute approximate surface area is 87.1 Å². The average molecular weight is 220 g/mol. The van der Waals surface area contributed by atoms with Crippen LogP contribution in [0.25, 0.3) is 0 Å². The summed E-state index contributed by atoms with van der Waals surface area (Å²) in [5, 5.41) is 8.56. The predicted molar refractivity (Wildman–Crippen MR) is 52.9 cm³/mol. The zero-order chi connectivity index (χ0) is 10.0. The molecule has 1 aromatic rings. The quantitative estimate of drug-likeness (QED) is 0.795. The number of nitrogens with two attached hydrogens (primary N) is 1. The molecule has 3 N–H and O–H groups in total. The molecule has 3 nitrogen and oxygen atoms in total. The van der Waals surface area contributed by atoms with Crippen LogP contribution in [0.3, 0.4) is 0 Å². The van der Waals surface area contributed by atoms with Crippen molar-refractivity contribution in [2.75, 3.05) is 0 Å². The van der Waals surface area contributed by atoms with E-state index in [-0.39, 0.29) is 18.0 Å². The van der Waals surface area contributed by atoms with E-state index in [2.05, 4.69) is 0 Å². The third-order valence-electron chi connectivity index (χ3n) is 1.75. The van der Waals surface area contributed by atoms with Crippen molar-refractivity contribution in [3.8, 4) is 0 Å². The molecule has 0 aliphatic carbocycles. The lowest BCUT2D eigenvalue weighted by Gasteiger charge is -2.08. The highest BCUT2D eigenvalue weighted by Crippen LogP contribution is 2.16. The molecular weight excluding hydrogens is 209 g/mol. The Bertz CT molecular complexity index is 344. The second kappa shape index (κ2) is 4.93. The number of carbonyl (C=O) groups is 1. The van der Waals surface area contributed by atoms with E-state index in [1.165, 1.54) is 12.1 Å². The zero-order valence-electron chi connectivity index (χ0n) is 7.53. The summed E-state index contributed by atoms with van der Waals surface area (Å²) in [5.41, 5.74) is 6.07. The van der Waals surface area contributed by atoms with E-state index in [1.807, 2.05) is 0 Å². The summed E-state index contributed by atoms with van der Waals surface area (Å²) < 4.78 is 13.0. The molecule has 0 heterocycles. The molecule has 0 aromatic heterocycles. The van der Waals surface area contributed by atoms with Crippen molar-refractivity contribution in [1.29, 1.82) is 0 Å². The van der Waals surface area contributed by atoms with Crippen LogP contribution in [0, 0.1) is 12.7 Å². The minimum Gasteiger partial charge on any atom is -0.480 e. The van der Waals surface area contributed by atoms with Crippen LogP contribution in [0.2, 0.25) is 0 Å².